The Labute approximate surface area is 168 Å². The van der Waals surface area contributed by atoms with Crippen LogP contribution in [0.25, 0.3) is 11.3 Å². The zero-order chi connectivity index (χ0) is 19.4. The lowest BCUT2D eigenvalue weighted by Crippen LogP contribution is -2.26. The summed E-state index contributed by atoms with van der Waals surface area (Å²) in [4.78, 5) is 18.3. The van der Waals surface area contributed by atoms with E-state index < -0.39 is 0 Å². The van der Waals surface area contributed by atoms with Gasteiger partial charge in [-0.3, -0.25) is 4.79 Å². The van der Waals surface area contributed by atoms with Crippen LogP contribution in [-0.4, -0.2) is 22.8 Å². The average Bonchev–Trinajstić information content (AvgIpc) is 3.10. The Morgan fingerprint density at radius 1 is 1.15 bits per heavy atom. The summed E-state index contributed by atoms with van der Waals surface area (Å²) in [6.45, 7) is 2.62. The van der Waals surface area contributed by atoms with Gasteiger partial charge in [0.2, 0.25) is 5.91 Å². The lowest BCUT2D eigenvalue weighted by molar-refractivity contribution is -0.130. The molecule has 2 aromatic carbocycles. The van der Waals surface area contributed by atoms with Crippen molar-refractivity contribution in [2.24, 2.45) is 0 Å². The van der Waals surface area contributed by atoms with E-state index in [1.165, 1.54) is 5.56 Å². The van der Waals surface area contributed by atoms with Crippen LogP contribution < -0.4 is 0 Å². The smallest absolute Gasteiger partial charge is 0.223 e. The molecule has 0 saturated heterocycles. The fraction of sp³-hybridized carbons (Fsp3) is 0.238. The second-order valence-electron chi connectivity index (χ2n) is 6.48. The van der Waals surface area contributed by atoms with E-state index in [2.05, 4.69) is 4.98 Å². The number of amides is 1. The van der Waals surface area contributed by atoms with Crippen LogP contribution in [0.1, 0.15) is 23.4 Å². The lowest BCUT2D eigenvalue weighted by atomic mass is 10.1. The molecule has 3 aromatic rings. The summed E-state index contributed by atoms with van der Waals surface area (Å²) in [5.74, 6) is 1.11. The summed E-state index contributed by atoms with van der Waals surface area (Å²) in [6, 6.07) is 13.4. The van der Waals surface area contributed by atoms with E-state index in [0.717, 1.165) is 11.1 Å². The van der Waals surface area contributed by atoms with Gasteiger partial charge >= 0.3 is 0 Å². The van der Waals surface area contributed by atoms with Gasteiger partial charge in [0, 0.05) is 37.0 Å². The van der Waals surface area contributed by atoms with Gasteiger partial charge in [-0.05, 0) is 30.7 Å². The summed E-state index contributed by atoms with van der Waals surface area (Å²) in [5, 5.41) is 1.06. The third kappa shape index (κ3) is 5.12. The molecule has 27 heavy (non-hydrogen) atoms. The number of hydrogen-bond acceptors (Lipinski definition) is 3. The molecule has 0 unspecified atom stereocenters. The van der Waals surface area contributed by atoms with Gasteiger partial charge < -0.3 is 9.32 Å². The number of hydrogen-bond donors (Lipinski definition) is 0. The normalized spacial score (nSPS) is 10.8. The van der Waals surface area contributed by atoms with Crippen molar-refractivity contribution < 1.29 is 9.21 Å². The fourth-order valence-corrected chi connectivity index (χ4v) is 3.20. The van der Waals surface area contributed by atoms with E-state index >= 15 is 0 Å². The Morgan fingerprint density at radius 3 is 2.59 bits per heavy atom. The topological polar surface area (TPSA) is 46.3 Å². The molecule has 0 spiro atoms. The third-order valence-corrected chi connectivity index (χ3v) is 4.82. The molecule has 0 saturated carbocycles. The van der Waals surface area contributed by atoms with E-state index in [4.69, 9.17) is 27.6 Å². The van der Waals surface area contributed by atoms with Crippen molar-refractivity contribution in [1.82, 2.24) is 9.88 Å². The highest BCUT2D eigenvalue weighted by Gasteiger charge is 2.14. The second kappa shape index (κ2) is 8.59. The van der Waals surface area contributed by atoms with Crippen LogP contribution >= 0.6 is 23.2 Å². The molecule has 0 aliphatic heterocycles. The van der Waals surface area contributed by atoms with Crippen molar-refractivity contribution in [1.29, 1.82) is 0 Å². The predicted octanol–water partition coefficient (Wildman–Crippen LogP) is 5.55. The van der Waals surface area contributed by atoms with Crippen LogP contribution in [0.15, 0.2) is 53.1 Å². The predicted molar refractivity (Wildman–Crippen MR) is 108 cm³/mol. The number of oxazole rings is 1. The standard InChI is InChI=1S/C21H20Cl2N2O2/c1-14-3-5-15(6-4-14)13-25(2)21(26)10-9-20-24-12-19(27-20)17-8-7-16(22)11-18(17)23/h3-8,11-12H,9-10,13H2,1-2H3. The molecule has 1 heterocycles. The molecule has 6 heteroatoms. The first-order valence-electron chi connectivity index (χ1n) is 8.62. The molecule has 0 bridgehead atoms. The van der Waals surface area contributed by atoms with Crippen LogP contribution in [0.4, 0.5) is 0 Å². The van der Waals surface area contributed by atoms with Crippen LogP contribution in [-0.2, 0) is 17.8 Å². The van der Waals surface area contributed by atoms with Gasteiger partial charge in [0.25, 0.3) is 0 Å². The Kier molecular flexibility index (Phi) is 6.19. The molecule has 0 aliphatic rings. The third-order valence-electron chi connectivity index (χ3n) is 4.27. The molecule has 0 N–H and O–H groups in total. The highest BCUT2D eigenvalue weighted by molar-refractivity contribution is 6.36. The summed E-state index contributed by atoms with van der Waals surface area (Å²) in [7, 11) is 1.80. The van der Waals surface area contributed by atoms with Gasteiger partial charge in [-0.1, -0.05) is 53.0 Å². The van der Waals surface area contributed by atoms with Crippen molar-refractivity contribution in [3.8, 4) is 11.3 Å². The minimum absolute atomic E-state index is 0.0415. The Hall–Kier alpha value is -2.30. The summed E-state index contributed by atoms with van der Waals surface area (Å²) < 4.78 is 5.74. The number of carbonyl (C=O) groups excluding carboxylic acids is 1. The van der Waals surface area contributed by atoms with Gasteiger partial charge in [0.15, 0.2) is 11.7 Å². The SMILES string of the molecule is Cc1ccc(CN(C)C(=O)CCc2ncc(-c3ccc(Cl)cc3Cl)o2)cc1. The van der Waals surface area contributed by atoms with Gasteiger partial charge in [-0.15, -0.1) is 0 Å². The van der Waals surface area contributed by atoms with Crippen molar-refractivity contribution in [2.75, 3.05) is 7.05 Å². The maximum absolute atomic E-state index is 12.4. The molecule has 0 atom stereocenters. The second-order valence-corrected chi connectivity index (χ2v) is 7.32. The van der Waals surface area contributed by atoms with E-state index in [9.17, 15) is 4.79 Å². The number of rotatable bonds is 6. The first-order valence-corrected chi connectivity index (χ1v) is 9.37. The van der Waals surface area contributed by atoms with E-state index in [-0.39, 0.29) is 5.91 Å². The molecule has 4 nitrogen and oxygen atoms in total. The maximum Gasteiger partial charge on any atom is 0.223 e. The number of benzene rings is 2. The first-order chi connectivity index (χ1) is 12.9. The molecular formula is C21H20Cl2N2O2. The van der Waals surface area contributed by atoms with E-state index in [0.29, 0.717) is 41.1 Å². The summed E-state index contributed by atoms with van der Waals surface area (Å²) in [6.07, 6.45) is 2.38. The fourth-order valence-electron chi connectivity index (χ4n) is 2.70. The van der Waals surface area contributed by atoms with Crippen LogP contribution in [0.5, 0.6) is 0 Å². The van der Waals surface area contributed by atoms with Crippen molar-refractivity contribution in [3.05, 3.63) is 75.7 Å². The van der Waals surface area contributed by atoms with Crippen molar-refractivity contribution >= 4 is 29.1 Å². The Morgan fingerprint density at radius 2 is 1.89 bits per heavy atom. The lowest BCUT2D eigenvalue weighted by Gasteiger charge is -2.17. The van der Waals surface area contributed by atoms with Gasteiger partial charge in [-0.2, -0.15) is 0 Å². The van der Waals surface area contributed by atoms with Gasteiger partial charge in [-0.25, -0.2) is 4.98 Å². The molecule has 1 aromatic heterocycles. The van der Waals surface area contributed by atoms with Crippen molar-refractivity contribution in [2.45, 2.75) is 26.3 Å². The van der Waals surface area contributed by atoms with E-state index in [1.54, 1.807) is 36.3 Å². The van der Waals surface area contributed by atoms with Crippen LogP contribution in [0.2, 0.25) is 10.0 Å². The molecule has 0 fully saturated rings. The number of halogens is 2. The van der Waals surface area contributed by atoms with Gasteiger partial charge in [0.05, 0.1) is 11.2 Å². The molecule has 3 rings (SSSR count). The summed E-state index contributed by atoms with van der Waals surface area (Å²) in [5.41, 5.74) is 3.03. The highest BCUT2D eigenvalue weighted by Crippen LogP contribution is 2.30. The molecule has 0 radical (unpaired) electrons. The van der Waals surface area contributed by atoms with Crippen LogP contribution in [0.3, 0.4) is 0 Å². The molecule has 140 valence electrons. The zero-order valence-corrected chi connectivity index (χ0v) is 16.7. The number of aromatic nitrogens is 1. The monoisotopic (exact) mass is 402 g/mol. The minimum atomic E-state index is 0.0415. The van der Waals surface area contributed by atoms with Crippen molar-refractivity contribution in [3.63, 3.8) is 0 Å². The minimum Gasteiger partial charge on any atom is -0.441 e. The number of carbonyl (C=O) groups is 1. The maximum atomic E-state index is 12.4. The Balaban J connectivity index is 1.57. The molecule has 0 aliphatic carbocycles. The Bertz CT molecular complexity index is 936. The van der Waals surface area contributed by atoms with Crippen LogP contribution in [0, 0.1) is 6.92 Å². The summed E-state index contributed by atoms with van der Waals surface area (Å²) >= 11 is 12.1. The average molecular weight is 403 g/mol. The van der Waals surface area contributed by atoms with Gasteiger partial charge in [0.1, 0.15) is 0 Å². The first kappa shape index (κ1) is 19.5. The highest BCUT2D eigenvalue weighted by atomic mass is 35.5. The largest absolute Gasteiger partial charge is 0.441 e. The number of nitrogens with zero attached hydrogens (tertiary/aromatic N) is 2. The molecule has 1 amide bonds. The zero-order valence-electron chi connectivity index (χ0n) is 15.2. The van der Waals surface area contributed by atoms with E-state index in [1.807, 2.05) is 31.2 Å². The molecular weight excluding hydrogens is 383 g/mol. The quantitative estimate of drug-likeness (QED) is 0.542. The number of aryl methyl sites for hydroxylation is 2.